The predicted octanol–water partition coefficient (Wildman–Crippen LogP) is 5.55. The van der Waals surface area contributed by atoms with Crippen LogP contribution in [0.15, 0.2) is 36.4 Å². The number of carbonyl (C=O) groups excluding carboxylic acids is 1. The number of nitrogens with one attached hydrogen (secondary N) is 1. The Kier molecular flexibility index (Phi) is 5.21. The maximum Gasteiger partial charge on any atom is 0.231 e. The average molecular weight is 428 g/mol. The predicted molar refractivity (Wildman–Crippen MR) is 110 cm³/mol. The van der Waals surface area contributed by atoms with Crippen LogP contribution >= 0.6 is 34.8 Å². The molecule has 3 N–H and O–H groups in total. The molecule has 0 unspecified atom stereocenters. The molecule has 0 saturated heterocycles. The number of benzene rings is 2. The van der Waals surface area contributed by atoms with Gasteiger partial charge in [0.05, 0.1) is 26.8 Å². The fourth-order valence-corrected chi connectivity index (χ4v) is 3.24. The summed E-state index contributed by atoms with van der Waals surface area (Å²) < 4.78 is 1.20. The van der Waals surface area contributed by atoms with E-state index in [-0.39, 0.29) is 45.0 Å². The van der Waals surface area contributed by atoms with Gasteiger partial charge in [-0.2, -0.15) is 0 Å². The third-order valence-corrected chi connectivity index (χ3v) is 5.59. The number of carbonyl (C=O) groups is 1. The molecule has 2 aromatic carbocycles. The standard InChI is InChI=1S/C19H17Cl3N2O3/c1-19(2,9-20)18(27)23-14-8-15(13(22)7-12(14)21)24-16(25)10-5-3-4-6-11(10)17(24)26/h3-8,25-26H,9H2,1-2H3,(H,23,27). The lowest BCUT2D eigenvalue weighted by Gasteiger charge is -2.21. The molecular formula is C19H17Cl3N2O3. The zero-order chi connectivity index (χ0) is 19.9. The monoisotopic (exact) mass is 426 g/mol. The van der Waals surface area contributed by atoms with E-state index in [0.717, 1.165) is 0 Å². The number of aromatic nitrogens is 1. The molecule has 27 heavy (non-hydrogen) atoms. The molecule has 142 valence electrons. The number of anilines is 1. The van der Waals surface area contributed by atoms with Crippen molar-refractivity contribution < 1.29 is 15.0 Å². The largest absolute Gasteiger partial charge is 0.494 e. The first kappa shape index (κ1) is 19.7. The van der Waals surface area contributed by atoms with E-state index >= 15 is 0 Å². The Morgan fingerprint density at radius 1 is 1.07 bits per heavy atom. The van der Waals surface area contributed by atoms with Crippen LogP contribution in [0.1, 0.15) is 13.8 Å². The molecule has 8 heteroatoms. The van der Waals surface area contributed by atoms with Crippen molar-refractivity contribution in [2.24, 2.45) is 5.41 Å². The number of amides is 1. The summed E-state index contributed by atoms with van der Waals surface area (Å²) in [6, 6.07) is 9.77. The van der Waals surface area contributed by atoms with Gasteiger partial charge in [0.25, 0.3) is 0 Å². The van der Waals surface area contributed by atoms with E-state index < -0.39 is 5.41 Å². The normalized spacial score (nSPS) is 11.7. The van der Waals surface area contributed by atoms with Crippen LogP contribution < -0.4 is 5.32 Å². The summed E-state index contributed by atoms with van der Waals surface area (Å²) in [5, 5.41) is 25.2. The summed E-state index contributed by atoms with van der Waals surface area (Å²) in [5.74, 6) is -0.545. The van der Waals surface area contributed by atoms with Crippen LogP contribution in [0.5, 0.6) is 11.8 Å². The first-order valence-electron chi connectivity index (χ1n) is 8.05. The molecule has 0 fully saturated rings. The summed E-state index contributed by atoms with van der Waals surface area (Å²) in [5.41, 5.74) is -0.251. The second-order valence-electron chi connectivity index (χ2n) is 6.78. The highest BCUT2D eigenvalue weighted by molar-refractivity contribution is 6.38. The number of fused-ring (bicyclic) bond motifs is 1. The van der Waals surface area contributed by atoms with Crippen LogP contribution in [-0.2, 0) is 4.79 Å². The first-order chi connectivity index (χ1) is 12.7. The molecule has 0 saturated carbocycles. The first-order valence-corrected chi connectivity index (χ1v) is 9.34. The van der Waals surface area contributed by atoms with E-state index in [1.807, 2.05) is 0 Å². The van der Waals surface area contributed by atoms with Crippen molar-refractivity contribution in [3.63, 3.8) is 0 Å². The van der Waals surface area contributed by atoms with Gasteiger partial charge in [0.2, 0.25) is 17.7 Å². The summed E-state index contributed by atoms with van der Waals surface area (Å²) in [7, 11) is 0. The van der Waals surface area contributed by atoms with Crippen LogP contribution in [0, 0.1) is 5.41 Å². The van der Waals surface area contributed by atoms with Crippen LogP contribution in [0.25, 0.3) is 16.5 Å². The van der Waals surface area contributed by atoms with Crippen molar-refractivity contribution >= 4 is 57.2 Å². The van der Waals surface area contributed by atoms with Crippen molar-refractivity contribution in [3.8, 4) is 17.4 Å². The molecule has 0 aliphatic heterocycles. The fraction of sp³-hybridized carbons (Fsp3) is 0.211. The highest BCUT2D eigenvalue weighted by Crippen LogP contribution is 2.42. The molecule has 1 heterocycles. The van der Waals surface area contributed by atoms with Crippen LogP contribution in [0.2, 0.25) is 10.0 Å². The highest BCUT2D eigenvalue weighted by atomic mass is 35.5. The maximum absolute atomic E-state index is 12.4. The number of nitrogens with zero attached hydrogens (tertiary/aromatic N) is 1. The lowest BCUT2D eigenvalue weighted by atomic mass is 9.95. The van der Waals surface area contributed by atoms with E-state index in [1.54, 1.807) is 38.1 Å². The van der Waals surface area contributed by atoms with Crippen LogP contribution in [0.4, 0.5) is 5.69 Å². The van der Waals surface area contributed by atoms with E-state index in [0.29, 0.717) is 10.8 Å². The van der Waals surface area contributed by atoms with Crippen molar-refractivity contribution in [3.05, 3.63) is 46.4 Å². The number of aromatic hydroxyl groups is 2. The molecule has 3 aromatic rings. The van der Waals surface area contributed by atoms with Gasteiger partial charge in [-0.25, -0.2) is 4.57 Å². The molecule has 1 amide bonds. The zero-order valence-electron chi connectivity index (χ0n) is 14.6. The van der Waals surface area contributed by atoms with Crippen molar-refractivity contribution in [1.82, 2.24) is 4.57 Å². The van der Waals surface area contributed by atoms with Gasteiger partial charge in [0, 0.05) is 16.7 Å². The van der Waals surface area contributed by atoms with Gasteiger partial charge in [0.1, 0.15) is 0 Å². The smallest absolute Gasteiger partial charge is 0.231 e. The maximum atomic E-state index is 12.4. The van der Waals surface area contributed by atoms with Gasteiger partial charge in [-0.3, -0.25) is 4.79 Å². The summed E-state index contributed by atoms with van der Waals surface area (Å²) >= 11 is 18.4. The summed E-state index contributed by atoms with van der Waals surface area (Å²) in [6.45, 7) is 3.41. The lowest BCUT2D eigenvalue weighted by Crippen LogP contribution is -2.32. The Balaban J connectivity index is 2.15. The third kappa shape index (κ3) is 3.43. The van der Waals surface area contributed by atoms with E-state index in [9.17, 15) is 15.0 Å². The second kappa shape index (κ2) is 7.15. The van der Waals surface area contributed by atoms with Gasteiger partial charge < -0.3 is 15.5 Å². The Morgan fingerprint density at radius 3 is 2.15 bits per heavy atom. The Bertz CT molecular complexity index is 1010. The number of alkyl halides is 1. The molecule has 0 radical (unpaired) electrons. The minimum absolute atomic E-state index is 0.126. The molecule has 0 aliphatic carbocycles. The number of hydrogen-bond donors (Lipinski definition) is 3. The molecule has 1 aromatic heterocycles. The van der Waals surface area contributed by atoms with Crippen molar-refractivity contribution in [2.75, 3.05) is 11.2 Å². The van der Waals surface area contributed by atoms with Crippen LogP contribution in [0.3, 0.4) is 0 Å². The van der Waals surface area contributed by atoms with Crippen LogP contribution in [-0.4, -0.2) is 26.6 Å². The highest BCUT2D eigenvalue weighted by Gasteiger charge is 2.28. The fourth-order valence-electron chi connectivity index (χ4n) is 2.60. The molecule has 0 aliphatic rings. The molecule has 0 spiro atoms. The van der Waals surface area contributed by atoms with Crippen molar-refractivity contribution in [1.29, 1.82) is 0 Å². The SMILES string of the molecule is CC(C)(CCl)C(=O)Nc1cc(-n2c(O)c3ccccc3c2O)c(Cl)cc1Cl. The molecule has 0 bridgehead atoms. The zero-order valence-corrected chi connectivity index (χ0v) is 16.8. The Morgan fingerprint density at radius 2 is 1.63 bits per heavy atom. The topological polar surface area (TPSA) is 74.5 Å². The summed E-state index contributed by atoms with van der Waals surface area (Å²) in [6.07, 6.45) is 0. The average Bonchev–Trinajstić information content (AvgIpc) is 2.88. The van der Waals surface area contributed by atoms with Crippen molar-refractivity contribution in [2.45, 2.75) is 13.8 Å². The van der Waals surface area contributed by atoms with E-state index in [2.05, 4.69) is 5.32 Å². The lowest BCUT2D eigenvalue weighted by molar-refractivity contribution is -0.122. The Labute approximate surface area is 171 Å². The quantitative estimate of drug-likeness (QED) is 0.478. The second-order valence-corrected chi connectivity index (χ2v) is 7.86. The molecule has 0 atom stereocenters. The minimum Gasteiger partial charge on any atom is -0.494 e. The van der Waals surface area contributed by atoms with Gasteiger partial charge in [0.15, 0.2) is 0 Å². The molecular weight excluding hydrogens is 411 g/mol. The summed E-state index contributed by atoms with van der Waals surface area (Å²) in [4.78, 5) is 12.4. The Hall–Kier alpha value is -2.08. The number of hydrogen-bond acceptors (Lipinski definition) is 3. The number of rotatable bonds is 4. The van der Waals surface area contributed by atoms with E-state index in [4.69, 9.17) is 34.8 Å². The van der Waals surface area contributed by atoms with Gasteiger partial charge in [-0.05, 0) is 38.1 Å². The van der Waals surface area contributed by atoms with Gasteiger partial charge >= 0.3 is 0 Å². The molecule has 3 rings (SSSR count). The minimum atomic E-state index is -0.808. The number of halogens is 3. The van der Waals surface area contributed by atoms with E-state index in [1.165, 1.54) is 16.7 Å². The van der Waals surface area contributed by atoms with Gasteiger partial charge in [-0.1, -0.05) is 35.3 Å². The third-order valence-electron chi connectivity index (χ3n) is 4.31. The van der Waals surface area contributed by atoms with Gasteiger partial charge in [-0.15, -0.1) is 11.6 Å². The molecule has 5 nitrogen and oxygen atoms in total.